The van der Waals surface area contributed by atoms with E-state index >= 15 is 0 Å². The number of rotatable bonds is 14. The zero-order valence-corrected chi connectivity index (χ0v) is 28.8. The number of anilines is 1. The van der Waals surface area contributed by atoms with Gasteiger partial charge in [-0.2, -0.15) is 10.1 Å². The third kappa shape index (κ3) is 8.11. The van der Waals surface area contributed by atoms with Crippen LogP contribution < -0.4 is 10.3 Å². The Morgan fingerprint density at radius 1 is 1.07 bits per heavy atom. The lowest BCUT2D eigenvalue weighted by atomic mass is 9.74. The number of nitrogens with zero attached hydrogens (tertiary/aromatic N) is 4. The molecule has 0 saturated heterocycles. The van der Waals surface area contributed by atoms with Gasteiger partial charge in [0.15, 0.2) is 11.9 Å². The molecule has 2 aromatic carbocycles. The van der Waals surface area contributed by atoms with E-state index < -0.39 is 23.3 Å². The van der Waals surface area contributed by atoms with E-state index in [2.05, 4.69) is 34.6 Å². The molecule has 0 fully saturated rings. The molecule has 2 heterocycles. The van der Waals surface area contributed by atoms with E-state index in [1.807, 2.05) is 39.0 Å². The van der Waals surface area contributed by atoms with Gasteiger partial charge in [-0.3, -0.25) is 19.1 Å². The highest BCUT2D eigenvalue weighted by atomic mass is 35.5. The first-order valence-corrected chi connectivity index (χ1v) is 16.7. The summed E-state index contributed by atoms with van der Waals surface area (Å²) in [5, 5.41) is 13.2. The molecule has 0 spiro atoms. The van der Waals surface area contributed by atoms with Crippen molar-refractivity contribution in [1.29, 1.82) is 0 Å². The van der Waals surface area contributed by atoms with Gasteiger partial charge in [0.2, 0.25) is 5.91 Å². The van der Waals surface area contributed by atoms with E-state index in [-0.39, 0.29) is 45.8 Å². The SMILES string of the molecule is CCCCOC(=O)C(CC(CC)c1ccccc1)CC(C)(CC)C(=O)NC1=NN(c2c(Cl)cc(Cl)cc2Cl)C(=O)C1n1cccn1. The van der Waals surface area contributed by atoms with Gasteiger partial charge in [0.05, 0.1) is 22.6 Å². The van der Waals surface area contributed by atoms with E-state index in [4.69, 9.17) is 39.5 Å². The van der Waals surface area contributed by atoms with Gasteiger partial charge in [0.1, 0.15) is 5.69 Å². The standard InChI is InChI=1S/C34H40Cl3N5O4/c1-5-8-17-46-32(44)24(18-22(6-2)23-13-10-9-11-14-23)21-34(4,7-3)33(45)39-30-29(41-16-12-15-38-41)31(43)42(40-30)28-26(36)19-25(35)20-27(28)37/h9-16,19-20,22,24,29H,5-8,17-18,21H2,1-4H3,(H,39,40,45). The van der Waals surface area contributed by atoms with E-state index in [0.29, 0.717) is 24.5 Å². The summed E-state index contributed by atoms with van der Waals surface area (Å²) >= 11 is 19.0. The predicted molar refractivity (Wildman–Crippen MR) is 182 cm³/mol. The molecule has 0 aliphatic carbocycles. The second-order valence-corrected chi connectivity index (χ2v) is 13.0. The zero-order chi connectivity index (χ0) is 33.4. The van der Waals surface area contributed by atoms with Crippen LogP contribution in [0.5, 0.6) is 0 Å². The summed E-state index contributed by atoms with van der Waals surface area (Å²) in [4.78, 5) is 41.5. The molecule has 12 heteroatoms. The monoisotopic (exact) mass is 687 g/mol. The number of amides is 2. The Bertz CT molecular complexity index is 1530. The fourth-order valence-corrected chi connectivity index (χ4v) is 6.60. The number of amidine groups is 1. The topological polar surface area (TPSA) is 106 Å². The van der Waals surface area contributed by atoms with Crippen LogP contribution in [0.3, 0.4) is 0 Å². The molecule has 1 aromatic heterocycles. The highest BCUT2D eigenvalue weighted by Crippen LogP contribution is 2.41. The maximum atomic E-state index is 14.2. The normalized spacial score (nSPS) is 17.3. The quantitative estimate of drug-likeness (QED) is 0.136. The summed E-state index contributed by atoms with van der Waals surface area (Å²) in [6.07, 6.45) is 6.83. The van der Waals surface area contributed by atoms with Crippen molar-refractivity contribution in [3.8, 4) is 0 Å². The number of carbonyl (C=O) groups is 3. The number of benzene rings is 2. The molecule has 4 rings (SSSR count). The fourth-order valence-electron chi connectivity index (χ4n) is 5.62. The molecular formula is C34H40Cl3N5O4. The lowest BCUT2D eigenvalue weighted by Gasteiger charge is -2.32. The van der Waals surface area contributed by atoms with Crippen molar-refractivity contribution in [2.75, 3.05) is 11.6 Å². The summed E-state index contributed by atoms with van der Waals surface area (Å²) in [6, 6.07) is 13.6. The van der Waals surface area contributed by atoms with Crippen molar-refractivity contribution < 1.29 is 19.1 Å². The maximum Gasteiger partial charge on any atom is 0.308 e. The Balaban J connectivity index is 1.64. The van der Waals surface area contributed by atoms with Gasteiger partial charge in [-0.1, -0.05) is 99.3 Å². The van der Waals surface area contributed by atoms with E-state index in [0.717, 1.165) is 29.8 Å². The number of esters is 1. The first-order chi connectivity index (χ1) is 22.0. The van der Waals surface area contributed by atoms with Crippen molar-refractivity contribution in [2.45, 2.75) is 78.2 Å². The number of hydrazone groups is 1. The summed E-state index contributed by atoms with van der Waals surface area (Å²) in [7, 11) is 0. The van der Waals surface area contributed by atoms with Crippen LogP contribution in [0.15, 0.2) is 66.0 Å². The summed E-state index contributed by atoms with van der Waals surface area (Å²) in [5.74, 6) is -1.58. The Morgan fingerprint density at radius 2 is 1.76 bits per heavy atom. The molecule has 246 valence electrons. The van der Waals surface area contributed by atoms with E-state index in [1.165, 1.54) is 23.0 Å². The Hall–Kier alpha value is -3.40. The Morgan fingerprint density at radius 3 is 2.35 bits per heavy atom. The minimum absolute atomic E-state index is 0.0539. The Labute approximate surface area is 285 Å². The number of ether oxygens (including phenoxy) is 1. The van der Waals surface area contributed by atoms with Crippen LogP contribution in [0, 0.1) is 11.3 Å². The molecule has 0 bridgehead atoms. The minimum atomic E-state index is -1.08. The van der Waals surface area contributed by atoms with Gasteiger partial charge in [-0.05, 0) is 61.8 Å². The number of carbonyl (C=O) groups excluding carboxylic acids is 3. The molecule has 1 N–H and O–H groups in total. The number of aromatic nitrogens is 2. The van der Waals surface area contributed by atoms with Crippen molar-refractivity contribution in [3.05, 3.63) is 81.6 Å². The van der Waals surface area contributed by atoms with Gasteiger partial charge in [-0.15, -0.1) is 5.10 Å². The second kappa shape index (κ2) is 15.9. The lowest BCUT2D eigenvalue weighted by Crippen LogP contribution is -2.46. The number of halogens is 3. The molecule has 3 aromatic rings. The largest absolute Gasteiger partial charge is 0.465 e. The van der Waals surface area contributed by atoms with E-state index in [1.54, 1.807) is 12.3 Å². The number of hydrogen-bond donors (Lipinski definition) is 1. The predicted octanol–water partition coefficient (Wildman–Crippen LogP) is 8.21. The van der Waals surface area contributed by atoms with Gasteiger partial charge in [-0.25, -0.2) is 0 Å². The number of unbranched alkanes of at least 4 members (excludes halogenated alkanes) is 1. The van der Waals surface area contributed by atoms with Crippen LogP contribution in [-0.2, 0) is 19.1 Å². The van der Waals surface area contributed by atoms with Crippen molar-refractivity contribution >= 4 is 64.1 Å². The van der Waals surface area contributed by atoms with Crippen LogP contribution >= 0.6 is 34.8 Å². The summed E-state index contributed by atoms with van der Waals surface area (Å²) in [5.41, 5.74) is 0.269. The molecule has 2 amide bonds. The molecule has 4 unspecified atom stereocenters. The number of nitrogens with one attached hydrogen (secondary N) is 1. The van der Waals surface area contributed by atoms with Crippen LogP contribution in [0.2, 0.25) is 15.1 Å². The lowest BCUT2D eigenvalue weighted by molar-refractivity contribution is -0.151. The molecule has 1 aliphatic rings. The van der Waals surface area contributed by atoms with Gasteiger partial charge < -0.3 is 10.1 Å². The van der Waals surface area contributed by atoms with Gasteiger partial charge >= 0.3 is 5.97 Å². The van der Waals surface area contributed by atoms with Crippen LogP contribution in [0.1, 0.15) is 83.7 Å². The average molecular weight is 689 g/mol. The van der Waals surface area contributed by atoms with Crippen LogP contribution in [0.25, 0.3) is 0 Å². The minimum Gasteiger partial charge on any atom is -0.465 e. The Kier molecular flexibility index (Phi) is 12.3. The van der Waals surface area contributed by atoms with Gasteiger partial charge in [0.25, 0.3) is 5.91 Å². The molecule has 0 radical (unpaired) electrons. The molecule has 9 nitrogen and oxygen atoms in total. The first kappa shape index (κ1) is 35.5. The third-order valence-corrected chi connectivity index (χ3v) is 9.36. The van der Waals surface area contributed by atoms with Crippen molar-refractivity contribution in [3.63, 3.8) is 0 Å². The van der Waals surface area contributed by atoms with Crippen LogP contribution in [0.4, 0.5) is 5.69 Å². The smallest absolute Gasteiger partial charge is 0.308 e. The number of hydrogen-bond acceptors (Lipinski definition) is 6. The van der Waals surface area contributed by atoms with Crippen molar-refractivity contribution in [2.24, 2.45) is 16.4 Å². The van der Waals surface area contributed by atoms with Gasteiger partial charge in [0, 0.05) is 22.8 Å². The second-order valence-electron chi connectivity index (χ2n) is 11.8. The van der Waals surface area contributed by atoms with E-state index in [9.17, 15) is 14.4 Å². The molecule has 0 saturated carbocycles. The van der Waals surface area contributed by atoms with Crippen LogP contribution in [-0.4, -0.2) is 40.0 Å². The molecular weight excluding hydrogens is 649 g/mol. The average Bonchev–Trinajstić information content (AvgIpc) is 3.67. The third-order valence-electron chi connectivity index (χ3n) is 8.57. The molecule has 46 heavy (non-hydrogen) atoms. The van der Waals surface area contributed by atoms with Crippen molar-refractivity contribution in [1.82, 2.24) is 15.1 Å². The fraction of sp³-hybridized carbons (Fsp3) is 0.441. The summed E-state index contributed by atoms with van der Waals surface area (Å²) < 4.78 is 7.12. The highest BCUT2D eigenvalue weighted by molar-refractivity contribution is 6.42. The summed E-state index contributed by atoms with van der Waals surface area (Å²) in [6.45, 7) is 8.19. The first-order valence-electron chi connectivity index (χ1n) is 15.6. The maximum absolute atomic E-state index is 14.2. The molecule has 1 aliphatic heterocycles. The highest BCUT2D eigenvalue weighted by Gasteiger charge is 2.44. The molecule has 4 atom stereocenters. The zero-order valence-electron chi connectivity index (χ0n) is 26.5.